The lowest BCUT2D eigenvalue weighted by Crippen LogP contribution is -2.24. The molecule has 0 spiro atoms. The number of carbonyl (C=O) groups excluding carboxylic acids is 1. The number of hydrogen-bond donors (Lipinski definition) is 0. The molecule has 0 unspecified atom stereocenters. The third-order valence-corrected chi connectivity index (χ3v) is 1.71. The molecule has 0 saturated heterocycles. The highest BCUT2D eigenvalue weighted by Gasteiger charge is 2.15. The maximum Gasteiger partial charge on any atom is 0.294 e. The second-order valence-electron chi connectivity index (χ2n) is 2.93. The van der Waals surface area contributed by atoms with E-state index in [-0.39, 0.29) is 13.0 Å². The van der Waals surface area contributed by atoms with Crippen LogP contribution in [0, 0.1) is 20.2 Å². The number of carbonyl (C=O) groups is 1. The minimum Gasteiger partial charge on any atom is -0.468 e. The van der Waals surface area contributed by atoms with Crippen molar-refractivity contribution in [2.45, 2.75) is 25.4 Å². The van der Waals surface area contributed by atoms with Crippen LogP contribution in [0.25, 0.3) is 0 Å². The van der Waals surface area contributed by atoms with Gasteiger partial charge in [-0.3, -0.25) is 4.79 Å². The first-order chi connectivity index (χ1) is 8.06. The molecule has 0 aliphatic rings. The highest BCUT2D eigenvalue weighted by molar-refractivity contribution is 5.36. The Labute approximate surface area is 95.6 Å². The van der Waals surface area contributed by atoms with Gasteiger partial charge in [-0.1, -0.05) is 0 Å². The van der Waals surface area contributed by atoms with Gasteiger partial charge in [0.15, 0.2) is 0 Å². The summed E-state index contributed by atoms with van der Waals surface area (Å²) in [7, 11) is 0. The fourth-order valence-corrected chi connectivity index (χ4v) is 1.04. The summed E-state index contributed by atoms with van der Waals surface area (Å²) in [6.45, 7) is -0.0336. The lowest BCUT2D eigenvalue weighted by molar-refractivity contribution is -0.790. The largest absolute Gasteiger partial charge is 0.468 e. The molecule has 0 aliphatic heterocycles. The fourth-order valence-electron chi connectivity index (χ4n) is 1.04. The summed E-state index contributed by atoms with van der Waals surface area (Å²) in [6.07, 6.45) is 0.116. The van der Waals surface area contributed by atoms with Crippen LogP contribution in [0.2, 0.25) is 0 Å². The second-order valence-corrected chi connectivity index (χ2v) is 2.93. The Kier molecular flexibility index (Phi) is 7.98. The van der Waals surface area contributed by atoms with Gasteiger partial charge < -0.3 is 14.4 Å². The Hall–Kier alpha value is -2.13. The van der Waals surface area contributed by atoms with Gasteiger partial charge in [-0.2, -0.15) is 0 Å². The highest BCUT2D eigenvalue weighted by atomic mass is 17.0. The summed E-state index contributed by atoms with van der Waals surface area (Å²) in [5.41, 5.74) is 0. The molecule has 0 fully saturated rings. The molecule has 0 aromatic rings. The van der Waals surface area contributed by atoms with E-state index in [0.29, 0.717) is 19.3 Å². The number of hydrogen-bond acceptors (Lipinski definition) is 8. The van der Waals surface area contributed by atoms with E-state index in [2.05, 4.69) is 14.4 Å². The maximum atomic E-state index is 10.1. The highest BCUT2D eigenvalue weighted by Crippen LogP contribution is 2.06. The molecule has 0 rings (SSSR count). The summed E-state index contributed by atoms with van der Waals surface area (Å²) >= 11 is 0. The average Bonchev–Trinajstić information content (AvgIpc) is 2.24. The van der Waals surface area contributed by atoms with Crippen molar-refractivity contribution in [1.82, 2.24) is 0 Å². The Bertz CT molecular complexity index is 258. The maximum absolute atomic E-state index is 10.1. The standard InChI is InChI=1S/C7H12N2O8/c10-6-15-4-2-1-3-7(17-9(13)14)5-16-8(11)12/h6-7H,1-5H2/t7-/m0/s1. The molecule has 0 aromatic carbocycles. The first-order valence-corrected chi connectivity index (χ1v) is 4.70. The van der Waals surface area contributed by atoms with Crippen LogP contribution in [-0.2, 0) is 19.2 Å². The second kappa shape index (κ2) is 9.12. The Morgan fingerprint density at radius 1 is 1.18 bits per heavy atom. The number of ether oxygens (including phenoxy) is 1. The van der Waals surface area contributed by atoms with Crippen molar-refractivity contribution in [3.05, 3.63) is 20.2 Å². The van der Waals surface area contributed by atoms with Crippen LogP contribution in [0.4, 0.5) is 0 Å². The lowest BCUT2D eigenvalue weighted by atomic mass is 10.2. The summed E-state index contributed by atoms with van der Waals surface area (Å²) in [4.78, 5) is 38.0. The van der Waals surface area contributed by atoms with Gasteiger partial charge in [0.05, 0.1) is 6.61 Å². The zero-order valence-corrected chi connectivity index (χ0v) is 8.85. The molecule has 0 aliphatic carbocycles. The van der Waals surface area contributed by atoms with Crippen molar-refractivity contribution in [2.24, 2.45) is 0 Å². The van der Waals surface area contributed by atoms with E-state index >= 15 is 0 Å². The topological polar surface area (TPSA) is 131 Å². The van der Waals surface area contributed by atoms with Crippen molar-refractivity contribution in [3.8, 4) is 0 Å². The smallest absolute Gasteiger partial charge is 0.294 e. The number of rotatable bonds is 11. The summed E-state index contributed by atoms with van der Waals surface area (Å²) in [5, 5.41) is 17.9. The Morgan fingerprint density at radius 2 is 1.88 bits per heavy atom. The lowest BCUT2D eigenvalue weighted by Gasteiger charge is -2.12. The number of nitrogens with zero attached hydrogens (tertiary/aromatic N) is 2. The molecule has 1 atom stereocenters. The van der Waals surface area contributed by atoms with Crippen molar-refractivity contribution in [2.75, 3.05) is 13.2 Å². The van der Waals surface area contributed by atoms with Crippen molar-refractivity contribution < 1.29 is 29.4 Å². The van der Waals surface area contributed by atoms with Gasteiger partial charge in [-0.15, -0.1) is 20.2 Å². The molecular weight excluding hydrogens is 240 g/mol. The first kappa shape index (κ1) is 14.9. The average molecular weight is 252 g/mol. The van der Waals surface area contributed by atoms with E-state index in [1.165, 1.54) is 0 Å². The minimum atomic E-state index is -1.05. The van der Waals surface area contributed by atoms with Gasteiger partial charge in [-0.25, -0.2) is 0 Å². The third-order valence-electron chi connectivity index (χ3n) is 1.71. The van der Waals surface area contributed by atoms with Gasteiger partial charge in [0, 0.05) is 0 Å². The first-order valence-electron chi connectivity index (χ1n) is 4.70. The van der Waals surface area contributed by atoms with E-state index in [9.17, 15) is 25.0 Å². The van der Waals surface area contributed by atoms with Crippen LogP contribution in [0.3, 0.4) is 0 Å². The molecule has 0 N–H and O–H groups in total. The summed E-state index contributed by atoms with van der Waals surface area (Å²) < 4.78 is 4.40. The van der Waals surface area contributed by atoms with Gasteiger partial charge in [0.1, 0.15) is 12.7 Å². The summed E-state index contributed by atoms with van der Waals surface area (Å²) in [6, 6.07) is 0. The fraction of sp³-hybridized carbons (Fsp3) is 0.857. The van der Waals surface area contributed by atoms with Crippen molar-refractivity contribution >= 4 is 6.47 Å². The van der Waals surface area contributed by atoms with Crippen LogP contribution in [-0.4, -0.2) is 36.0 Å². The van der Waals surface area contributed by atoms with E-state index in [4.69, 9.17) is 0 Å². The van der Waals surface area contributed by atoms with Crippen LogP contribution < -0.4 is 0 Å². The third kappa shape index (κ3) is 10.2. The predicted molar refractivity (Wildman–Crippen MR) is 50.7 cm³/mol. The molecule has 0 aromatic heterocycles. The van der Waals surface area contributed by atoms with E-state index in [1.54, 1.807) is 0 Å². The number of unbranched alkanes of at least 4 members (excludes halogenated alkanes) is 1. The van der Waals surface area contributed by atoms with Gasteiger partial charge in [-0.05, 0) is 19.3 Å². The molecule has 0 heterocycles. The Balaban J connectivity index is 3.80. The van der Waals surface area contributed by atoms with Crippen molar-refractivity contribution in [3.63, 3.8) is 0 Å². The SMILES string of the molecule is O=COCCCC[C@@H](CO[N+](=O)[O-])O[N+](=O)[O-]. The van der Waals surface area contributed by atoms with Crippen LogP contribution in [0.15, 0.2) is 0 Å². The van der Waals surface area contributed by atoms with Crippen LogP contribution in [0.1, 0.15) is 19.3 Å². The van der Waals surface area contributed by atoms with Crippen LogP contribution in [0.5, 0.6) is 0 Å². The van der Waals surface area contributed by atoms with Crippen LogP contribution >= 0.6 is 0 Å². The molecule has 10 heteroatoms. The zero-order chi connectivity index (χ0) is 13.1. The molecule has 10 nitrogen and oxygen atoms in total. The van der Waals surface area contributed by atoms with E-state index in [0.717, 1.165) is 0 Å². The van der Waals surface area contributed by atoms with Gasteiger partial charge in [0.25, 0.3) is 16.6 Å². The molecule has 0 radical (unpaired) electrons. The van der Waals surface area contributed by atoms with E-state index in [1.807, 2.05) is 0 Å². The quantitative estimate of drug-likeness (QED) is 0.219. The van der Waals surface area contributed by atoms with E-state index < -0.39 is 22.9 Å². The summed E-state index contributed by atoms with van der Waals surface area (Å²) in [5.74, 6) is 0. The minimum absolute atomic E-state index is 0.185. The predicted octanol–water partition coefficient (Wildman–Crippen LogP) is 0.115. The van der Waals surface area contributed by atoms with Crippen molar-refractivity contribution in [1.29, 1.82) is 0 Å². The molecule has 0 bridgehead atoms. The molecule has 98 valence electrons. The monoisotopic (exact) mass is 252 g/mol. The van der Waals surface area contributed by atoms with Gasteiger partial charge >= 0.3 is 0 Å². The molecule has 0 saturated carbocycles. The normalized spacial score (nSPS) is 11.3. The Morgan fingerprint density at radius 3 is 2.41 bits per heavy atom. The molecular formula is C7H12N2O8. The van der Waals surface area contributed by atoms with Gasteiger partial charge in [0.2, 0.25) is 0 Å². The molecule has 0 amide bonds. The zero-order valence-electron chi connectivity index (χ0n) is 8.85. The molecule has 17 heavy (non-hydrogen) atoms.